The highest BCUT2D eigenvalue weighted by Gasteiger charge is 2.49. The lowest BCUT2D eigenvalue weighted by Crippen LogP contribution is -2.58. The zero-order valence-corrected chi connectivity index (χ0v) is 70.1. The van der Waals surface area contributed by atoms with E-state index < -0.39 is 121 Å². The number of rotatable bonds is 24. The summed E-state index contributed by atoms with van der Waals surface area (Å²) in [5.41, 5.74) is 5.97. The van der Waals surface area contributed by atoms with Crippen LogP contribution >= 0.6 is 0 Å². The first-order chi connectivity index (χ1) is 57.8. The Labute approximate surface area is 702 Å². The van der Waals surface area contributed by atoms with Crippen LogP contribution in [0.25, 0.3) is 0 Å². The minimum Gasteiger partial charge on any atom is -0.493 e. The first kappa shape index (κ1) is 90.2. The molecule has 12 amide bonds. The zero-order chi connectivity index (χ0) is 85.5. The first-order valence-electron chi connectivity index (χ1n) is 43.1. The second-order valence-corrected chi connectivity index (χ2v) is 33.6. The molecule has 0 spiro atoms. The van der Waals surface area contributed by atoms with Crippen LogP contribution in [0.4, 0.5) is 0 Å². The maximum Gasteiger partial charge on any atom is 0.290 e. The monoisotopic (exact) mass is 1660 g/mol. The van der Waals surface area contributed by atoms with Gasteiger partial charge in [0, 0.05) is 67.0 Å². The zero-order valence-electron chi connectivity index (χ0n) is 70.1. The van der Waals surface area contributed by atoms with Gasteiger partial charge in [-0.2, -0.15) is 0 Å². The van der Waals surface area contributed by atoms with Gasteiger partial charge in [-0.1, -0.05) is 138 Å². The van der Waals surface area contributed by atoms with Crippen molar-refractivity contribution in [2.75, 3.05) is 80.8 Å². The van der Waals surface area contributed by atoms with E-state index >= 15 is 0 Å². The molecule has 8 bridgehead atoms. The Kier molecular flexibility index (Phi) is 32.7. The van der Waals surface area contributed by atoms with E-state index in [9.17, 15) is 67.1 Å². The van der Waals surface area contributed by atoms with E-state index in [1.807, 2.05) is 111 Å². The molecule has 4 aromatic rings. The van der Waals surface area contributed by atoms with Gasteiger partial charge in [-0.3, -0.25) is 67.1 Å². The number of nitrogens with one attached hydrogen (secondary N) is 8. The molecule has 12 rings (SSSR count). The second-order valence-electron chi connectivity index (χ2n) is 33.6. The number of ketones is 2. The van der Waals surface area contributed by atoms with Gasteiger partial charge in [0.05, 0.1) is 76.7 Å². The lowest BCUT2D eigenvalue weighted by Gasteiger charge is -2.35. The lowest BCUT2D eigenvalue weighted by atomic mass is 9.83. The molecule has 30 heteroatoms. The summed E-state index contributed by atoms with van der Waals surface area (Å²) in [6.07, 6.45) is 13.0. The van der Waals surface area contributed by atoms with Gasteiger partial charge in [-0.25, -0.2) is 0 Å². The van der Waals surface area contributed by atoms with Crippen LogP contribution in [0.3, 0.4) is 0 Å². The van der Waals surface area contributed by atoms with E-state index in [-0.39, 0.29) is 111 Å². The predicted molar refractivity (Wildman–Crippen MR) is 443 cm³/mol. The summed E-state index contributed by atoms with van der Waals surface area (Å²) < 4.78 is 24.2. The van der Waals surface area contributed by atoms with Crippen molar-refractivity contribution in [3.63, 3.8) is 0 Å². The first-order valence-corrected chi connectivity index (χ1v) is 43.1. The number of fused-ring (bicyclic) bond motifs is 10. The van der Waals surface area contributed by atoms with Crippen LogP contribution in [0.5, 0.6) is 11.5 Å². The maximum atomic E-state index is 14.6. The molecule has 4 aromatic carbocycles. The van der Waals surface area contributed by atoms with Gasteiger partial charge >= 0.3 is 0 Å². The molecule has 648 valence electrons. The van der Waals surface area contributed by atoms with Crippen LogP contribution in [0.15, 0.2) is 97.1 Å². The summed E-state index contributed by atoms with van der Waals surface area (Å²) in [7, 11) is 6.46. The minimum absolute atomic E-state index is 0.0536. The van der Waals surface area contributed by atoms with Gasteiger partial charge in [0.2, 0.25) is 70.6 Å². The largest absolute Gasteiger partial charge is 0.493 e. The summed E-state index contributed by atoms with van der Waals surface area (Å²) >= 11 is 0. The number of nitrogens with zero attached hydrogens (tertiary/aromatic N) is 4. The SMILES string of the molecule is CCC[C@@H](NC(=O)[C@@H]1C[C@@H]2CN1C(=O)[C@H](C1CCCCC1)NC(=O)Cc1cccc(c1)OCCCO2)C(=O)C(=O)NCC(=O)N[C@H](C(=O)N(C)C)C1Cc2ccccc2C1.CCC[C@H](NC(=O)[C@@H]1C[C@@H]2CN1C(=O)[C@H](C1CCCCC1)NC(=O)Cc1cccc(c1)OCCCO2)C(=O)C(=O)NCC(=O)N[C@H](C(=O)N(C)C)C1Cc2ccccc2C1. The molecule has 2 saturated carbocycles. The standard InChI is InChI=1S/2C45H60N6O9/c2*1-4-12-35(41(54)43(56)46-26-38(53)49-40(44(57)50(2)3)32-23-30-16-8-9-17-31(30)24-32)47-42(55)36-25-34-27-51(36)45(58)39(29-14-6-5-7-15-29)48-37(52)22-28-13-10-18-33(21-28)59-19-11-20-60-34/h2*8-10,13,16-18,21,29,32,34-36,39-40H,4-7,11-12,14-15,19-20,22-27H2,1-3H3,(H,46,56)(H,47,55)(H,48,52)(H,49,53)/t34-,35+,36+,39+,40+;34-,35-,36+,39+,40+/m11/s1. The Morgan fingerprint density at radius 2 is 0.825 bits per heavy atom. The van der Waals surface area contributed by atoms with Crippen LogP contribution in [-0.4, -0.2) is 243 Å². The highest BCUT2D eigenvalue weighted by molar-refractivity contribution is 6.39. The van der Waals surface area contributed by atoms with Crippen molar-refractivity contribution >= 4 is 82.5 Å². The van der Waals surface area contributed by atoms with Gasteiger partial charge < -0.3 is 81.1 Å². The quantitative estimate of drug-likeness (QED) is 0.0459. The van der Waals surface area contributed by atoms with Gasteiger partial charge in [0.1, 0.15) is 47.8 Å². The van der Waals surface area contributed by atoms with Crippen LogP contribution in [0.2, 0.25) is 0 Å². The fourth-order valence-corrected chi connectivity index (χ4v) is 18.1. The number of hydrogen-bond donors (Lipinski definition) is 8. The molecule has 2 saturated heterocycles. The molecule has 4 aliphatic carbocycles. The van der Waals surface area contributed by atoms with Gasteiger partial charge in [0.15, 0.2) is 0 Å². The van der Waals surface area contributed by atoms with Crippen LogP contribution < -0.4 is 52.0 Å². The lowest BCUT2D eigenvalue weighted by molar-refractivity contribution is -0.144. The Hall–Kier alpha value is -10.6. The van der Waals surface area contributed by atoms with Gasteiger partial charge in [0.25, 0.3) is 11.8 Å². The fraction of sp³-hybridized carbons (Fsp3) is 0.578. The number of likely N-dealkylation sites (N-methyl/N-ethyl adjacent to an activating group) is 2. The molecule has 4 aliphatic heterocycles. The van der Waals surface area contributed by atoms with Crippen LogP contribution in [0.1, 0.15) is 163 Å². The maximum absolute atomic E-state index is 14.6. The summed E-state index contributed by atoms with van der Waals surface area (Å²) in [5.74, 6) is -7.70. The summed E-state index contributed by atoms with van der Waals surface area (Å²) in [5, 5.41) is 21.9. The molecule has 0 radical (unpaired) electrons. The van der Waals surface area contributed by atoms with E-state index in [1.165, 1.54) is 19.6 Å². The Morgan fingerprint density at radius 3 is 1.18 bits per heavy atom. The highest BCUT2D eigenvalue weighted by atomic mass is 16.5. The molecule has 8 N–H and O–H groups in total. The van der Waals surface area contributed by atoms with Crippen molar-refractivity contribution in [1.82, 2.24) is 62.1 Å². The molecule has 30 nitrogen and oxygen atoms in total. The molecule has 4 heterocycles. The Bertz CT molecular complexity index is 4010. The van der Waals surface area contributed by atoms with E-state index in [0.29, 0.717) is 89.3 Å². The third-order valence-electron chi connectivity index (χ3n) is 24.3. The van der Waals surface area contributed by atoms with Crippen molar-refractivity contribution in [3.05, 3.63) is 130 Å². The number of hydrogen-bond acceptors (Lipinski definition) is 18. The molecule has 4 fully saturated rings. The molecule has 10 atom stereocenters. The molecule has 0 unspecified atom stereocenters. The number of Topliss-reactive ketones (excluding diaryl/α,β-unsaturated/α-hetero) is 2. The number of amides is 12. The second kappa shape index (κ2) is 43.6. The normalized spacial score (nSPS) is 22.4. The van der Waals surface area contributed by atoms with E-state index in [4.69, 9.17) is 18.9 Å². The molecule has 0 aromatic heterocycles. The third kappa shape index (κ3) is 24.4. The summed E-state index contributed by atoms with van der Waals surface area (Å²) in [4.78, 5) is 197. The van der Waals surface area contributed by atoms with Crippen LogP contribution in [-0.2, 0) is 115 Å². The highest BCUT2D eigenvalue weighted by Crippen LogP contribution is 2.35. The summed E-state index contributed by atoms with van der Waals surface area (Å²) in [6.45, 7) is 4.13. The molecule has 8 aliphatic rings. The number of carbonyl (C=O) groups excluding carboxylic acids is 14. The predicted octanol–water partition coefficient (Wildman–Crippen LogP) is 4.04. The van der Waals surface area contributed by atoms with Crippen molar-refractivity contribution in [2.24, 2.45) is 23.7 Å². The van der Waals surface area contributed by atoms with E-state index in [0.717, 1.165) is 97.6 Å². The average Bonchev–Trinajstić information content (AvgIpc) is 1.51. The Balaban J connectivity index is 0.000000235. The van der Waals surface area contributed by atoms with Crippen LogP contribution in [0, 0.1) is 23.7 Å². The van der Waals surface area contributed by atoms with Gasteiger partial charge in [-0.15, -0.1) is 0 Å². The number of ether oxygens (including phenoxy) is 4. The van der Waals surface area contributed by atoms with Crippen molar-refractivity contribution < 1.29 is 86.1 Å². The van der Waals surface area contributed by atoms with Crippen molar-refractivity contribution in [1.29, 1.82) is 0 Å². The van der Waals surface area contributed by atoms with Crippen molar-refractivity contribution in [2.45, 2.75) is 228 Å². The minimum atomic E-state index is -1.23. The average molecular weight is 1660 g/mol. The topological polar surface area (TPSA) is 385 Å². The van der Waals surface area contributed by atoms with Crippen molar-refractivity contribution in [3.8, 4) is 11.5 Å². The number of carbonyl (C=O) groups is 14. The summed E-state index contributed by atoms with van der Waals surface area (Å²) in [6, 6.07) is 22.5. The third-order valence-corrected chi connectivity index (χ3v) is 24.3. The van der Waals surface area contributed by atoms with E-state index in [2.05, 4.69) is 42.5 Å². The molecular formula is C90H120N12O18. The number of benzene rings is 4. The fourth-order valence-electron chi connectivity index (χ4n) is 18.1. The molecule has 120 heavy (non-hydrogen) atoms. The molecular weight excluding hydrogens is 1540 g/mol. The Morgan fingerprint density at radius 1 is 0.458 bits per heavy atom. The van der Waals surface area contributed by atoms with E-state index in [1.54, 1.807) is 28.2 Å². The smallest absolute Gasteiger partial charge is 0.290 e. The van der Waals surface area contributed by atoms with Gasteiger partial charge in [-0.05, 0) is 146 Å².